The third-order valence-electron chi connectivity index (χ3n) is 3.57. The van der Waals surface area contributed by atoms with E-state index in [0.29, 0.717) is 10.6 Å². The molecule has 0 saturated carbocycles. The Morgan fingerprint density at radius 3 is 2.08 bits per heavy atom. The standard InChI is InChI=1S/C19H18ClNO4/c1-12(18(23)21(2)3)25-19(24)16-7-5-4-6-15(16)17(22)13-8-10-14(20)11-9-13/h4-12H,1-3H3/t12-/m1/s1. The van der Waals surface area contributed by atoms with Crippen molar-refractivity contribution in [3.63, 3.8) is 0 Å². The molecule has 25 heavy (non-hydrogen) atoms. The molecule has 0 aliphatic carbocycles. The van der Waals surface area contributed by atoms with Crippen LogP contribution in [0.3, 0.4) is 0 Å². The second-order valence-electron chi connectivity index (χ2n) is 5.66. The minimum Gasteiger partial charge on any atom is -0.449 e. The molecule has 2 rings (SSSR count). The van der Waals surface area contributed by atoms with E-state index in [0.717, 1.165) is 0 Å². The lowest BCUT2D eigenvalue weighted by Crippen LogP contribution is -2.35. The zero-order valence-electron chi connectivity index (χ0n) is 14.2. The first kappa shape index (κ1) is 18.7. The minimum absolute atomic E-state index is 0.112. The Kier molecular flexibility index (Phi) is 5.93. The van der Waals surface area contributed by atoms with E-state index < -0.39 is 12.1 Å². The summed E-state index contributed by atoms with van der Waals surface area (Å²) >= 11 is 5.84. The van der Waals surface area contributed by atoms with Gasteiger partial charge in [0, 0.05) is 30.2 Å². The van der Waals surface area contributed by atoms with E-state index in [4.69, 9.17) is 16.3 Å². The van der Waals surface area contributed by atoms with Crippen LogP contribution in [-0.2, 0) is 9.53 Å². The number of halogens is 1. The second kappa shape index (κ2) is 7.94. The number of hydrogen-bond acceptors (Lipinski definition) is 4. The van der Waals surface area contributed by atoms with E-state index in [1.807, 2.05) is 0 Å². The molecule has 2 aromatic rings. The van der Waals surface area contributed by atoms with Crippen molar-refractivity contribution >= 4 is 29.3 Å². The van der Waals surface area contributed by atoms with Gasteiger partial charge in [-0.1, -0.05) is 29.8 Å². The fraction of sp³-hybridized carbons (Fsp3) is 0.211. The fourth-order valence-corrected chi connectivity index (χ4v) is 2.38. The third-order valence-corrected chi connectivity index (χ3v) is 3.82. The lowest BCUT2D eigenvalue weighted by Gasteiger charge is -2.18. The summed E-state index contributed by atoms with van der Waals surface area (Å²) < 4.78 is 5.20. The Morgan fingerprint density at radius 2 is 1.52 bits per heavy atom. The lowest BCUT2D eigenvalue weighted by molar-refractivity contribution is -0.137. The summed E-state index contributed by atoms with van der Waals surface area (Å²) in [5.74, 6) is -1.38. The molecule has 6 heteroatoms. The SMILES string of the molecule is C[C@@H](OC(=O)c1ccccc1C(=O)c1ccc(Cl)cc1)C(=O)N(C)C. The van der Waals surface area contributed by atoms with E-state index >= 15 is 0 Å². The number of carbonyl (C=O) groups excluding carboxylic acids is 3. The average Bonchev–Trinajstić information content (AvgIpc) is 2.60. The monoisotopic (exact) mass is 359 g/mol. The fourth-order valence-electron chi connectivity index (χ4n) is 2.25. The van der Waals surface area contributed by atoms with Gasteiger partial charge in [-0.05, 0) is 37.3 Å². The summed E-state index contributed by atoms with van der Waals surface area (Å²) in [6, 6.07) is 12.7. The van der Waals surface area contributed by atoms with Crippen LogP contribution >= 0.6 is 11.6 Å². The summed E-state index contributed by atoms with van der Waals surface area (Å²) in [5.41, 5.74) is 0.724. The van der Waals surface area contributed by atoms with Gasteiger partial charge in [0.05, 0.1) is 5.56 Å². The maximum absolute atomic E-state index is 12.7. The van der Waals surface area contributed by atoms with Gasteiger partial charge in [-0.3, -0.25) is 9.59 Å². The molecule has 0 aliphatic heterocycles. The first-order valence-electron chi connectivity index (χ1n) is 7.62. The van der Waals surface area contributed by atoms with Crippen LogP contribution in [0.25, 0.3) is 0 Å². The number of rotatable bonds is 5. The lowest BCUT2D eigenvalue weighted by atomic mass is 9.98. The van der Waals surface area contributed by atoms with Crippen molar-refractivity contribution in [3.8, 4) is 0 Å². The van der Waals surface area contributed by atoms with Crippen molar-refractivity contribution < 1.29 is 19.1 Å². The van der Waals surface area contributed by atoms with Crippen LogP contribution < -0.4 is 0 Å². The maximum atomic E-state index is 12.7. The highest BCUT2D eigenvalue weighted by molar-refractivity contribution is 6.30. The van der Waals surface area contributed by atoms with Gasteiger partial charge in [0.25, 0.3) is 5.91 Å². The first-order chi connectivity index (χ1) is 11.8. The van der Waals surface area contributed by atoms with Crippen LogP contribution in [0.5, 0.6) is 0 Å². The molecule has 1 amide bonds. The smallest absolute Gasteiger partial charge is 0.339 e. The van der Waals surface area contributed by atoms with Gasteiger partial charge < -0.3 is 9.64 Å². The van der Waals surface area contributed by atoms with Crippen molar-refractivity contribution in [1.29, 1.82) is 0 Å². The van der Waals surface area contributed by atoms with Gasteiger partial charge >= 0.3 is 5.97 Å². The number of hydrogen-bond donors (Lipinski definition) is 0. The summed E-state index contributed by atoms with van der Waals surface area (Å²) in [7, 11) is 3.15. The van der Waals surface area contributed by atoms with Crippen LogP contribution in [0.4, 0.5) is 0 Å². The highest BCUT2D eigenvalue weighted by Crippen LogP contribution is 2.18. The molecule has 0 aliphatic rings. The van der Waals surface area contributed by atoms with Gasteiger partial charge in [0.2, 0.25) is 0 Å². The topological polar surface area (TPSA) is 63.7 Å². The average molecular weight is 360 g/mol. The highest BCUT2D eigenvalue weighted by atomic mass is 35.5. The zero-order valence-corrected chi connectivity index (χ0v) is 14.9. The molecule has 1 atom stereocenters. The number of esters is 1. The summed E-state index contributed by atoms with van der Waals surface area (Å²) in [6.45, 7) is 1.49. The van der Waals surface area contributed by atoms with Crippen molar-refractivity contribution in [1.82, 2.24) is 4.90 Å². The number of likely N-dealkylation sites (N-methyl/N-ethyl adjacent to an activating group) is 1. The van der Waals surface area contributed by atoms with Crippen molar-refractivity contribution in [2.75, 3.05) is 14.1 Å². The molecule has 0 fully saturated rings. The molecule has 0 N–H and O–H groups in total. The van der Waals surface area contributed by atoms with Crippen molar-refractivity contribution in [3.05, 3.63) is 70.2 Å². The molecular weight excluding hydrogens is 342 g/mol. The first-order valence-corrected chi connectivity index (χ1v) is 8.00. The molecule has 0 bridgehead atoms. The molecule has 0 heterocycles. The van der Waals surface area contributed by atoms with E-state index in [-0.39, 0.29) is 22.8 Å². The van der Waals surface area contributed by atoms with Gasteiger partial charge in [-0.25, -0.2) is 4.79 Å². The molecule has 0 spiro atoms. The van der Waals surface area contributed by atoms with Gasteiger partial charge in [-0.15, -0.1) is 0 Å². The Balaban J connectivity index is 2.28. The predicted octanol–water partition coefficient (Wildman–Crippen LogP) is 3.20. The van der Waals surface area contributed by atoms with Crippen LogP contribution in [0.2, 0.25) is 5.02 Å². The predicted molar refractivity (Wildman–Crippen MR) is 94.9 cm³/mol. The molecule has 5 nitrogen and oxygen atoms in total. The van der Waals surface area contributed by atoms with Gasteiger partial charge in [0.15, 0.2) is 11.9 Å². The minimum atomic E-state index is -0.943. The molecule has 0 radical (unpaired) electrons. The maximum Gasteiger partial charge on any atom is 0.339 e. The molecule has 130 valence electrons. The van der Waals surface area contributed by atoms with Gasteiger partial charge in [-0.2, -0.15) is 0 Å². The molecular formula is C19H18ClNO4. The third kappa shape index (κ3) is 4.45. The number of carbonyl (C=O) groups is 3. The van der Waals surface area contributed by atoms with Crippen molar-refractivity contribution in [2.45, 2.75) is 13.0 Å². The summed E-state index contributed by atoms with van der Waals surface area (Å²) in [5, 5.41) is 0.514. The van der Waals surface area contributed by atoms with E-state index in [1.54, 1.807) is 56.6 Å². The Bertz CT molecular complexity index is 799. The van der Waals surface area contributed by atoms with E-state index in [2.05, 4.69) is 0 Å². The summed E-state index contributed by atoms with van der Waals surface area (Å²) in [6.07, 6.45) is -0.943. The Labute approximate surface area is 151 Å². The molecule has 0 saturated heterocycles. The zero-order chi connectivity index (χ0) is 18.6. The highest BCUT2D eigenvalue weighted by Gasteiger charge is 2.24. The molecule has 0 aromatic heterocycles. The van der Waals surface area contributed by atoms with Crippen LogP contribution in [0.15, 0.2) is 48.5 Å². The normalized spacial score (nSPS) is 11.5. The van der Waals surface area contributed by atoms with Gasteiger partial charge in [0.1, 0.15) is 0 Å². The van der Waals surface area contributed by atoms with E-state index in [9.17, 15) is 14.4 Å². The number of nitrogens with zero attached hydrogens (tertiary/aromatic N) is 1. The van der Waals surface area contributed by atoms with E-state index in [1.165, 1.54) is 17.9 Å². The number of benzene rings is 2. The number of ether oxygens (including phenoxy) is 1. The Morgan fingerprint density at radius 1 is 0.960 bits per heavy atom. The quantitative estimate of drug-likeness (QED) is 0.607. The second-order valence-corrected chi connectivity index (χ2v) is 6.10. The van der Waals surface area contributed by atoms with Crippen molar-refractivity contribution in [2.24, 2.45) is 0 Å². The number of amides is 1. The number of ketones is 1. The molecule has 0 unspecified atom stereocenters. The van der Waals surface area contributed by atoms with Crippen LogP contribution in [-0.4, -0.2) is 42.8 Å². The molecule has 2 aromatic carbocycles. The largest absolute Gasteiger partial charge is 0.449 e. The van der Waals surface area contributed by atoms with Crippen LogP contribution in [0, 0.1) is 0 Å². The summed E-state index contributed by atoms with van der Waals surface area (Å²) in [4.78, 5) is 38.3. The van der Waals surface area contributed by atoms with Crippen LogP contribution in [0.1, 0.15) is 33.2 Å². The Hall–Kier alpha value is -2.66.